The van der Waals surface area contributed by atoms with E-state index in [-0.39, 0.29) is 11.9 Å². The van der Waals surface area contributed by atoms with Crippen LogP contribution in [-0.2, 0) is 4.79 Å². The number of rotatable bonds is 4. The summed E-state index contributed by atoms with van der Waals surface area (Å²) in [5.74, 6) is 0.236. The van der Waals surface area contributed by atoms with E-state index in [1.165, 1.54) is 12.8 Å². The molecule has 2 fully saturated rings. The molecule has 1 atom stereocenters. The van der Waals surface area contributed by atoms with Crippen LogP contribution in [0, 0.1) is 11.3 Å². The zero-order chi connectivity index (χ0) is 10.8. The van der Waals surface area contributed by atoms with Gasteiger partial charge in [0, 0.05) is 32.6 Å². The molecular formula is C11H17N3O. The maximum Gasteiger partial charge on any atom is 0.239 e. The molecule has 2 aliphatic rings. The van der Waals surface area contributed by atoms with Crippen molar-refractivity contribution < 1.29 is 4.79 Å². The van der Waals surface area contributed by atoms with E-state index in [4.69, 9.17) is 5.26 Å². The molecule has 4 nitrogen and oxygen atoms in total. The largest absolute Gasteiger partial charge is 0.344 e. The third-order valence-corrected chi connectivity index (χ3v) is 3.30. The molecule has 1 aliphatic heterocycles. The van der Waals surface area contributed by atoms with Crippen molar-refractivity contribution in [3.05, 3.63) is 0 Å². The molecule has 0 aromatic heterocycles. The van der Waals surface area contributed by atoms with Crippen LogP contribution in [0.15, 0.2) is 0 Å². The zero-order valence-corrected chi connectivity index (χ0v) is 9.15. The predicted octanol–water partition coefficient (Wildman–Crippen LogP) is 0.595. The SMILES string of the molecule is CN1CCC(N(CCC#N)C2CC2)C1=O. The highest BCUT2D eigenvalue weighted by Gasteiger charge is 2.40. The number of hydrogen-bond donors (Lipinski definition) is 0. The Bertz CT molecular complexity index is 293. The molecule has 1 aliphatic carbocycles. The lowest BCUT2D eigenvalue weighted by molar-refractivity contribution is -0.131. The van der Waals surface area contributed by atoms with Crippen LogP contribution in [0.1, 0.15) is 25.7 Å². The smallest absolute Gasteiger partial charge is 0.239 e. The number of amides is 1. The van der Waals surface area contributed by atoms with Gasteiger partial charge in [0.15, 0.2) is 0 Å². The minimum atomic E-state index is 0.0517. The lowest BCUT2D eigenvalue weighted by Gasteiger charge is -2.26. The summed E-state index contributed by atoms with van der Waals surface area (Å²) in [5.41, 5.74) is 0. The molecule has 0 aromatic rings. The van der Waals surface area contributed by atoms with Crippen molar-refractivity contribution in [1.82, 2.24) is 9.80 Å². The van der Waals surface area contributed by atoms with Gasteiger partial charge in [0.05, 0.1) is 12.1 Å². The Kier molecular flexibility index (Phi) is 2.92. The van der Waals surface area contributed by atoms with Crippen LogP contribution >= 0.6 is 0 Å². The van der Waals surface area contributed by atoms with Gasteiger partial charge in [0.25, 0.3) is 0 Å². The van der Waals surface area contributed by atoms with Crippen molar-refractivity contribution >= 4 is 5.91 Å². The Morgan fingerprint density at radius 1 is 1.53 bits per heavy atom. The number of carbonyl (C=O) groups excluding carboxylic acids is 1. The average Bonchev–Trinajstić information content (AvgIpc) is 3.00. The molecule has 4 heteroatoms. The van der Waals surface area contributed by atoms with Crippen molar-refractivity contribution in [3.8, 4) is 6.07 Å². The van der Waals surface area contributed by atoms with Gasteiger partial charge in [0.2, 0.25) is 5.91 Å². The molecule has 1 saturated carbocycles. The van der Waals surface area contributed by atoms with E-state index in [0.717, 1.165) is 19.5 Å². The molecular weight excluding hydrogens is 190 g/mol. The fraction of sp³-hybridized carbons (Fsp3) is 0.818. The molecule has 1 amide bonds. The van der Waals surface area contributed by atoms with Gasteiger partial charge in [-0.25, -0.2) is 0 Å². The van der Waals surface area contributed by atoms with Gasteiger partial charge in [0.1, 0.15) is 0 Å². The highest BCUT2D eigenvalue weighted by atomic mass is 16.2. The minimum Gasteiger partial charge on any atom is -0.344 e. The average molecular weight is 207 g/mol. The normalized spacial score (nSPS) is 26.1. The zero-order valence-electron chi connectivity index (χ0n) is 9.15. The molecule has 1 heterocycles. The first-order chi connectivity index (χ1) is 7.24. The molecule has 82 valence electrons. The molecule has 0 spiro atoms. The Labute approximate surface area is 90.5 Å². The minimum absolute atomic E-state index is 0.0517. The van der Waals surface area contributed by atoms with Crippen LogP contribution in [-0.4, -0.2) is 47.9 Å². The van der Waals surface area contributed by atoms with Gasteiger partial charge in [-0.05, 0) is 19.3 Å². The van der Waals surface area contributed by atoms with Gasteiger partial charge in [-0.2, -0.15) is 5.26 Å². The van der Waals surface area contributed by atoms with E-state index in [0.29, 0.717) is 12.5 Å². The predicted molar refractivity (Wildman–Crippen MR) is 56.0 cm³/mol. The number of likely N-dealkylation sites (tertiary alicyclic amines) is 1. The summed E-state index contributed by atoms with van der Waals surface area (Å²) < 4.78 is 0. The Balaban J connectivity index is 1.98. The fourth-order valence-corrected chi connectivity index (χ4v) is 2.29. The first-order valence-electron chi connectivity index (χ1n) is 5.61. The summed E-state index contributed by atoms with van der Waals surface area (Å²) in [4.78, 5) is 15.9. The van der Waals surface area contributed by atoms with Crippen molar-refractivity contribution in [1.29, 1.82) is 5.26 Å². The summed E-state index contributed by atoms with van der Waals surface area (Å²) in [6, 6.07) is 2.78. The first-order valence-corrected chi connectivity index (χ1v) is 5.61. The molecule has 1 saturated heterocycles. The van der Waals surface area contributed by atoms with Gasteiger partial charge in [-0.3, -0.25) is 9.69 Å². The number of likely N-dealkylation sites (N-methyl/N-ethyl adjacent to an activating group) is 1. The third kappa shape index (κ3) is 2.13. The quantitative estimate of drug-likeness (QED) is 0.678. The second kappa shape index (κ2) is 4.19. The van der Waals surface area contributed by atoms with E-state index in [1.54, 1.807) is 4.90 Å². The maximum atomic E-state index is 11.8. The van der Waals surface area contributed by atoms with E-state index in [1.807, 2.05) is 7.05 Å². The van der Waals surface area contributed by atoms with Crippen molar-refractivity contribution in [3.63, 3.8) is 0 Å². The summed E-state index contributed by atoms with van der Waals surface area (Å²) in [7, 11) is 1.86. The molecule has 0 aromatic carbocycles. The highest BCUT2D eigenvalue weighted by Crippen LogP contribution is 2.31. The first kappa shape index (κ1) is 10.4. The summed E-state index contributed by atoms with van der Waals surface area (Å²) in [6.45, 7) is 1.62. The Morgan fingerprint density at radius 2 is 2.27 bits per heavy atom. The Hall–Kier alpha value is -1.08. The van der Waals surface area contributed by atoms with E-state index < -0.39 is 0 Å². The van der Waals surface area contributed by atoms with Gasteiger partial charge in [-0.1, -0.05) is 0 Å². The Morgan fingerprint density at radius 3 is 2.73 bits per heavy atom. The van der Waals surface area contributed by atoms with Gasteiger partial charge >= 0.3 is 0 Å². The number of nitrogens with zero attached hydrogens (tertiary/aromatic N) is 3. The monoisotopic (exact) mass is 207 g/mol. The number of nitriles is 1. The molecule has 2 rings (SSSR count). The second-order valence-corrected chi connectivity index (χ2v) is 4.44. The van der Waals surface area contributed by atoms with Gasteiger partial charge in [-0.15, -0.1) is 0 Å². The van der Waals surface area contributed by atoms with Crippen LogP contribution < -0.4 is 0 Å². The molecule has 15 heavy (non-hydrogen) atoms. The van der Waals surface area contributed by atoms with E-state index in [2.05, 4.69) is 11.0 Å². The maximum absolute atomic E-state index is 11.8. The molecule has 1 unspecified atom stereocenters. The third-order valence-electron chi connectivity index (χ3n) is 3.30. The van der Waals surface area contributed by atoms with Gasteiger partial charge < -0.3 is 4.90 Å². The fourth-order valence-electron chi connectivity index (χ4n) is 2.29. The van der Waals surface area contributed by atoms with Crippen molar-refractivity contribution in [2.24, 2.45) is 0 Å². The number of carbonyl (C=O) groups is 1. The van der Waals surface area contributed by atoms with E-state index >= 15 is 0 Å². The molecule has 0 N–H and O–H groups in total. The van der Waals surface area contributed by atoms with Crippen LogP contribution in [0.2, 0.25) is 0 Å². The summed E-state index contributed by atoms with van der Waals surface area (Å²) >= 11 is 0. The summed E-state index contributed by atoms with van der Waals surface area (Å²) in [6.07, 6.45) is 3.85. The van der Waals surface area contributed by atoms with Crippen LogP contribution in [0.4, 0.5) is 0 Å². The van der Waals surface area contributed by atoms with Crippen LogP contribution in [0.5, 0.6) is 0 Å². The van der Waals surface area contributed by atoms with Crippen LogP contribution in [0.25, 0.3) is 0 Å². The van der Waals surface area contributed by atoms with Crippen molar-refractivity contribution in [2.45, 2.75) is 37.8 Å². The number of hydrogen-bond acceptors (Lipinski definition) is 3. The highest BCUT2D eigenvalue weighted by molar-refractivity contribution is 5.83. The molecule has 0 radical (unpaired) electrons. The van der Waals surface area contributed by atoms with Crippen molar-refractivity contribution in [2.75, 3.05) is 20.1 Å². The van der Waals surface area contributed by atoms with Crippen LogP contribution in [0.3, 0.4) is 0 Å². The standard InChI is InChI=1S/C11H17N3O/c1-13-8-5-10(11(13)15)14(7-2-6-12)9-3-4-9/h9-10H,2-5,7-8H2,1H3. The summed E-state index contributed by atoms with van der Waals surface area (Å²) in [5, 5.41) is 8.61. The second-order valence-electron chi connectivity index (χ2n) is 4.44. The lowest BCUT2D eigenvalue weighted by Crippen LogP contribution is -2.42. The topological polar surface area (TPSA) is 47.3 Å². The lowest BCUT2D eigenvalue weighted by atomic mass is 10.2. The molecule has 0 bridgehead atoms. The van der Waals surface area contributed by atoms with E-state index in [9.17, 15) is 4.79 Å².